The van der Waals surface area contributed by atoms with Crippen molar-refractivity contribution in [2.75, 3.05) is 20.1 Å². The fourth-order valence-corrected chi connectivity index (χ4v) is 3.62. The monoisotopic (exact) mass is 430 g/mol. The van der Waals surface area contributed by atoms with E-state index in [2.05, 4.69) is 5.32 Å². The van der Waals surface area contributed by atoms with E-state index >= 15 is 0 Å². The summed E-state index contributed by atoms with van der Waals surface area (Å²) in [5.41, 5.74) is -3.82. The third kappa shape index (κ3) is 4.77. The van der Waals surface area contributed by atoms with Gasteiger partial charge < -0.3 is 10.2 Å². The van der Waals surface area contributed by atoms with Crippen LogP contribution in [-0.4, -0.2) is 30.9 Å². The first-order valence-electron chi connectivity index (χ1n) is 9.27. The summed E-state index contributed by atoms with van der Waals surface area (Å²) in [6.45, 7) is 1.23. The summed E-state index contributed by atoms with van der Waals surface area (Å²) in [6, 6.07) is 9.84. The largest absolute Gasteiger partial charge is 0.416 e. The number of nitrogens with zero attached hydrogens (tertiary/aromatic N) is 1. The van der Waals surface area contributed by atoms with Gasteiger partial charge in [-0.1, -0.05) is 30.3 Å². The highest BCUT2D eigenvalue weighted by atomic mass is 19.4. The van der Waals surface area contributed by atoms with Crippen LogP contribution in [0.25, 0.3) is 0 Å². The lowest BCUT2D eigenvalue weighted by molar-refractivity contribution is -0.143. The third-order valence-electron chi connectivity index (χ3n) is 5.37. The molecule has 0 unspecified atom stereocenters. The third-order valence-corrected chi connectivity index (χ3v) is 5.37. The van der Waals surface area contributed by atoms with Gasteiger partial charge in [0.05, 0.1) is 16.7 Å². The van der Waals surface area contributed by atoms with E-state index in [0.29, 0.717) is 38.1 Å². The van der Waals surface area contributed by atoms with Crippen LogP contribution in [0.5, 0.6) is 0 Å². The lowest BCUT2D eigenvalue weighted by Gasteiger charge is -2.42. The first-order valence-corrected chi connectivity index (χ1v) is 9.27. The van der Waals surface area contributed by atoms with Gasteiger partial charge in [0.25, 0.3) is 5.91 Å². The molecule has 162 valence electrons. The van der Waals surface area contributed by atoms with Gasteiger partial charge >= 0.3 is 12.4 Å². The highest BCUT2D eigenvalue weighted by Gasteiger charge is 2.40. The number of amides is 1. The van der Waals surface area contributed by atoms with E-state index < -0.39 is 40.5 Å². The molecule has 0 saturated carbocycles. The van der Waals surface area contributed by atoms with Crippen molar-refractivity contribution in [3.8, 4) is 0 Å². The number of likely N-dealkylation sites (tertiary alicyclic amines) is 1. The minimum atomic E-state index is -5.01. The van der Waals surface area contributed by atoms with Crippen molar-refractivity contribution in [2.24, 2.45) is 0 Å². The lowest BCUT2D eigenvalue weighted by Crippen LogP contribution is -2.52. The van der Waals surface area contributed by atoms with Crippen LogP contribution in [0, 0.1) is 0 Å². The zero-order valence-electron chi connectivity index (χ0n) is 16.1. The zero-order valence-corrected chi connectivity index (χ0v) is 16.1. The van der Waals surface area contributed by atoms with Gasteiger partial charge in [0.1, 0.15) is 0 Å². The number of piperidine rings is 1. The van der Waals surface area contributed by atoms with Crippen molar-refractivity contribution in [3.63, 3.8) is 0 Å². The fraction of sp³-hybridized carbons (Fsp3) is 0.381. The molecular formula is C21H20F6N2O. The molecule has 1 saturated heterocycles. The van der Waals surface area contributed by atoms with Crippen molar-refractivity contribution >= 4 is 5.91 Å². The molecule has 0 atom stereocenters. The number of benzene rings is 2. The number of hydrogen-bond donors (Lipinski definition) is 1. The predicted octanol–water partition coefficient (Wildman–Crippen LogP) is 5.08. The second kappa shape index (κ2) is 7.94. The Bertz CT molecular complexity index is 868. The smallest absolute Gasteiger partial charge is 0.342 e. The van der Waals surface area contributed by atoms with E-state index in [4.69, 9.17) is 0 Å². The summed E-state index contributed by atoms with van der Waals surface area (Å²) in [5.74, 6) is -0.972. The molecule has 0 aliphatic carbocycles. The van der Waals surface area contributed by atoms with Crippen LogP contribution in [0.3, 0.4) is 0 Å². The van der Waals surface area contributed by atoms with Crippen molar-refractivity contribution in [1.82, 2.24) is 10.2 Å². The molecule has 30 heavy (non-hydrogen) atoms. The van der Waals surface area contributed by atoms with E-state index in [-0.39, 0.29) is 6.07 Å². The molecule has 2 aromatic carbocycles. The molecular weight excluding hydrogens is 410 g/mol. The maximum Gasteiger partial charge on any atom is 0.416 e. The minimum Gasteiger partial charge on any atom is -0.342 e. The van der Waals surface area contributed by atoms with Crippen molar-refractivity contribution in [2.45, 2.75) is 30.7 Å². The Labute approximate surface area is 169 Å². The van der Waals surface area contributed by atoms with Crippen molar-refractivity contribution in [1.29, 1.82) is 0 Å². The van der Waals surface area contributed by atoms with E-state index in [0.717, 1.165) is 5.56 Å². The van der Waals surface area contributed by atoms with Gasteiger partial charge in [-0.2, -0.15) is 26.3 Å². The number of carbonyl (C=O) groups excluding carboxylic acids is 1. The highest BCUT2D eigenvalue weighted by Crippen LogP contribution is 2.37. The molecule has 1 aliphatic heterocycles. The van der Waals surface area contributed by atoms with E-state index in [1.807, 2.05) is 11.9 Å². The fourth-order valence-electron chi connectivity index (χ4n) is 3.62. The van der Waals surface area contributed by atoms with Crippen LogP contribution in [-0.2, 0) is 17.9 Å². The first kappa shape index (κ1) is 22.1. The second-order valence-corrected chi connectivity index (χ2v) is 7.50. The Hall–Kier alpha value is -2.55. The lowest BCUT2D eigenvalue weighted by atomic mass is 9.80. The summed E-state index contributed by atoms with van der Waals surface area (Å²) in [5, 5.41) is 2.74. The second-order valence-electron chi connectivity index (χ2n) is 7.50. The number of carbonyl (C=O) groups is 1. The molecule has 0 aromatic heterocycles. The summed E-state index contributed by atoms with van der Waals surface area (Å²) >= 11 is 0. The van der Waals surface area contributed by atoms with Crippen LogP contribution in [0.15, 0.2) is 48.5 Å². The molecule has 1 fully saturated rings. The molecule has 0 radical (unpaired) electrons. The molecule has 1 N–H and O–H groups in total. The Kier molecular flexibility index (Phi) is 5.86. The Morgan fingerprint density at radius 2 is 1.40 bits per heavy atom. The van der Waals surface area contributed by atoms with E-state index in [1.165, 1.54) is 0 Å². The average molecular weight is 430 g/mol. The van der Waals surface area contributed by atoms with Crippen LogP contribution in [0.2, 0.25) is 0 Å². The molecule has 0 spiro atoms. The normalized spacial score (nSPS) is 17.6. The van der Waals surface area contributed by atoms with Crippen LogP contribution < -0.4 is 5.32 Å². The molecule has 2 aromatic rings. The van der Waals surface area contributed by atoms with Gasteiger partial charge in [0.2, 0.25) is 0 Å². The number of nitrogens with one attached hydrogen (secondary N) is 1. The summed E-state index contributed by atoms with van der Waals surface area (Å²) in [6.07, 6.45) is -9.07. The summed E-state index contributed by atoms with van der Waals surface area (Å²) < 4.78 is 78.8. The molecule has 3 nitrogen and oxygen atoms in total. The minimum absolute atomic E-state index is 0.0132. The number of rotatable bonds is 3. The molecule has 1 amide bonds. The topological polar surface area (TPSA) is 32.3 Å². The molecule has 0 bridgehead atoms. The Balaban J connectivity index is 2.00. The molecule has 1 aliphatic rings. The van der Waals surface area contributed by atoms with Gasteiger partial charge in [-0.15, -0.1) is 0 Å². The summed E-state index contributed by atoms with van der Waals surface area (Å²) in [4.78, 5) is 14.9. The highest BCUT2D eigenvalue weighted by molar-refractivity contribution is 5.95. The van der Waals surface area contributed by atoms with E-state index in [1.54, 1.807) is 30.3 Å². The van der Waals surface area contributed by atoms with Gasteiger partial charge in [0.15, 0.2) is 0 Å². The van der Waals surface area contributed by atoms with Crippen LogP contribution in [0.4, 0.5) is 26.3 Å². The van der Waals surface area contributed by atoms with Gasteiger partial charge in [-0.25, -0.2) is 0 Å². The maximum atomic E-state index is 13.1. The molecule has 3 rings (SSSR count). The standard InChI is InChI=1S/C21H20F6N2O/c1-29-9-7-19(8-10-29,15-5-3-2-4-6-15)28-18(30)14-11-16(20(22,23)24)13-17(12-14)21(25,26)27/h2-6,11-13H,7-10H2,1H3,(H,28,30). The number of hydrogen-bond acceptors (Lipinski definition) is 2. The Morgan fingerprint density at radius 1 is 0.900 bits per heavy atom. The van der Waals surface area contributed by atoms with Crippen LogP contribution >= 0.6 is 0 Å². The summed E-state index contributed by atoms with van der Waals surface area (Å²) in [7, 11) is 1.90. The van der Waals surface area contributed by atoms with Crippen molar-refractivity contribution in [3.05, 3.63) is 70.8 Å². The predicted molar refractivity (Wildman–Crippen MR) is 98.8 cm³/mol. The zero-order chi connectivity index (χ0) is 22.2. The van der Waals surface area contributed by atoms with Crippen molar-refractivity contribution < 1.29 is 31.1 Å². The quantitative estimate of drug-likeness (QED) is 0.690. The first-order chi connectivity index (χ1) is 13.9. The SMILES string of the molecule is CN1CCC(NC(=O)c2cc(C(F)(F)F)cc(C(F)(F)F)c2)(c2ccccc2)CC1. The molecule has 1 heterocycles. The van der Waals surface area contributed by atoms with Gasteiger partial charge in [-0.3, -0.25) is 4.79 Å². The average Bonchev–Trinajstić information content (AvgIpc) is 2.69. The van der Waals surface area contributed by atoms with E-state index in [9.17, 15) is 31.1 Å². The maximum absolute atomic E-state index is 13.1. The van der Waals surface area contributed by atoms with Crippen LogP contribution in [0.1, 0.15) is 39.9 Å². The number of alkyl halides is 6. The van der Waals surface area contributed by atoms with Gasteiger partial charge in [0, 0.05) is 18.7 Å². The van der Waals surface area contributed by atoms with Gasteiger partial charge in [-0.05, 0) is 43.7 Å². The Morgan fingerprint density at radius 3 is 1.87 bits per heavy atom. The number of halogens is 6. The molecule has 9 heteroatoms.